The molecule has 3 aromatic carbocycles. The highest BCUT2D eigenvalue weighted by Gasteiger charge is 2.68. The second-order valence-electron chi connectivity index (χ2n) is 16.8. The minimum atomic E-state index is -0.784. The highest BCUT2D eigenvalue weighted by Crippen LogP contribution is 2.65. The van der Waals surface area contributed by atoms with Crippen LogP contribution in [0.3, 0.4) is 0 Å². The number of carbonyl (C=O) groups excluding carboxylic acids is 2. The standard InChI is InChI=1S/C43H58BN3O6/c1-26(2)20-38(44-52-37-25-31-24-36(42(31,5)6)43(37,7)53-44)46-41(49)39(27(3)4)47-40(48)33(21-28-18-19-34(50-8)35(22-28)51-9)45-32-17-13-16-30(23-32)29-14-11-10-12-15-29/h10-19,22-23,26-27,31,33,36-39,45H,20-21,24-25H2,1-9H3,(H,46,49)(H,47,48)/t31-,33?,36-,37+,38-,39?,43-/m0/s1. The Morgan fingerprint density at radius 2 is 1.57 bits per heavy atom. The van der Waals surface area contributed by atoms with Gasteiger partial charge in [0.15, 0.2) is 11.5 Å². The van der Waals surface area contributed by atoms with Gasteiger partial charge >= 0.3 is 7.12 Å². The molecule has 53 heavy (non-hydrogen) atoms. The zero-order chi connectivity index (χ0) is 38.1. The van der Waals surface area contributed by atoms with E-state index in [-0.39, 0.29) is 40.8 Å². The van der Waals surface area contributed by atoms with Gasteiger partial charge in [-0.25, -0.2) is 0 Å². The molecule has 7 rings (SSSR count). The van der Waals surface area contributed by atoms with Gasteiger partial charge in [0.1, 0.15) is 12.1 Å². The van der Waals surface area contributed by atoms with Crippen LogP contribution in [0.5, 0.6) is 11.5 Å². The maximum atomic E-state index is 14.4. The van der Waals surface area contributed by atoms with E-state index in [1.165, 1.54) is 0 Å². The van der Waals surface area contributed by atoms with E-state index < -0.39 is 19.2 Å². The lowest BCUT2D eigenvalue weighted by atomic mass is 9.43. The van der Waals surface area contributed by atoms with Gasteiger partial charge in [-0.15, -0.1) is 0 Å². The van der Waals surface area contributed by atoms with Crippen LogP contribution in [-0.4, -0.2) is 62.9 Å². The van der Waals surface area contributed by atoms with Crippen LogP contribution in [0.1, 0.15) is 73.3 Å². The third-order valence-electron chi connectivity index (χ3n) is 12.1. The van der Waals surface area contributed by atoms with Crippen LogP contribution in [0, 0.1) is 29.1 Å². The Labute approximate surface area is 316 Å². The molecule has 1 heterocycles. The molecule has 0 radical (unpaired) electrons. The molecule has 3 saturated carbocycles. The number of nitrogens with one attached hydrogen (secondary N) is 3. The lowest BCUT2D eigenvalue weighted by molar-refractivity contribution is -0.199. The van der Waals surface area contributed by atoms with Gasteiger partial charge in [-0.3, -0.25) is 9.59 Å². The van der Waals surface area contributed by atoms with Gasteiger partial charge in [-0.1, -0.05) is 90.1 Å². The number of hydrogen-bond donors (Lipinski definition) is 3. The summed E-state index contributed by atoms with van der Waals surface area (Å²) >= 11 is 0. The molecular weight excluding hydrogens is 665 g/mol. The Morgan fingerprint density at radius 1 is 0.849 bits per heavy atom. The Morgan fingerprint density at radius 3 is 2.23 bits per heavy atom. The second kappa shape index (κ2) is 15.8. The Bertz CT molecular complexity index is 1750. The summed E-state index contributed by atoms with van der Waals surface area (Å²) in [5.74, 6) is 1.47. The lowest BCUT2D eigenvalue weighted by Gasteiger charge is -2.64. The average molecular weight is 724 g/mol. The number of methoxy groups -OCH3 is 2. The van der Waals surface area contributed by atoms with Gasteiger partial charge in [-0.05, 0) is 96.2 Å². The summed E-state index contributed by atoms with van der Waals surface area (Å²) < 4.78 is 24.5. The normalized spacial score (nSPS) is 24.4. The van der Waals surface area contributed by atoms with Gasteiger partial charge in [0.25, 0.3) is 0 Å². The molecule has 2 amide bonds. The summed E-state index contributed by atoms with van der Waals surface area (Å²) in [6.45, 7) is 15.1. The van der Waals surface area contributed by atoms with E-state index in [1.54, 1.807) is 14.2 Å². The molecule has 7 atom stereocenters. The molecular formula is C43H58BN3O6. The fourth-order valence-electron chi connectivity index (χ4n) is 8.95. The third kappa shape index (κ3) is 8.09. The topological polar surface area (TPSA) is 107 Å². The molecule has 1 aliphatic heterocycles. The van der Waals surface area contributed by atoms with Gasteiger partial charge in [0, 0.05) is 12.1 Å². The summed E-state index contributed by atoms with van der Waals surface area (Å²) in [6.07, 6.45) is 3.18. The third-order valence-corrected chi connectivity index (χ3v) is 12.1. The Balaban J connectivity index is 1.22. The molecule has 3 N–H and O–H groups in total. The van der Waals surface area contributed by atoms with Crippen molar-refractivity contribution >= 4 is 24.6 Å². The first-order chi connectivity index (χ1) is 25.2. The smallest absolute Gasteiger partial charge is 0.481 e. The molecule has 3 aromatic rings. The second-order valence-corrected chi connectivity index (χ2v) is 16.8. The minimum Gasteiger partial charge on any atom is -0.493 e. The van der Waals surface area contributed by atoms with E-state index in [0.29, 0.717) is 42.1 Å². The molecule has 2 bridgehead atoms. The van der Waals surface area contributed by atoms with Crippen LogP contribution in [0.2, 0.25) is 0 Å². The monoisotopic (exact) mass is 723 g/mol. The van der Waals surface area contributed by atoms with Crippen LogP contribution >= 0.6 is 0 Å². The van der Waals surface area contributed by atoms with E-state index in [9.17, 15) is 9.59 Å². The predicted octanol–water partition coefficient (Wildman–Crippen LogP) is 7.33. The van der Waals surface area contributed by atoms with Gasteiger partial charge in [0.2, 0.25) is 11.8 Å². The summed E-state index contributed by atoms with van der Waals surface area (Å²) in [5, 5.41) is 9.91. The zero-order valence-corrected chi connectivity index (χ0v) is 32.9. The first kappa shape index (κ1) is 38.7. The number of anilines is 1. The van der Waals surface area contributed by atoms with Crippen LogP contribution in [0.15, 0.2) is 72.8 Å². The van der Waals surface area contributed by atoms with Gasteiger partial charge in [-0.2, -0.15) is 0 Å². The van der Waals surface area contributed by atoms with Crippen molar-refractivity contribution in [3.8, 4) is 22.6 Å². The molecule has 4 fully saturated rings. The van der Waals surface area contributed by atoms with E-state index in [2.05, 4.69) is 62.7 Å². The van der Waals surface area contributed by atoms with Crippen LogP contribution in [0.25, 0.3) is 11.1 Å². The molecule has 2 unspecified atom stereocenters. The van der Waals surface area contributed by atoms with Crippen molar-refractivity contribution in [1.82, 2.24) is 10.6 Å². The fraction of sp³-hybridized carbons (Fsp3) is 0.535. The quantitative estimate of drug-likeness (QED) is 0.141. The Kier molecular flexibility index (Phi) is 11.5. The number of rotatable bonds is 15. The number of ether oxygens (including phenoxy) is 2. The van der Waals surface area contributed by atoms with Crippen LogP contribution < -0.4 is 25.4 Å². The maximum Gasteiger partial charge on any atom is 0.481 e. The molecule has 284 valence electrons. The van der Waals surface area contributed by atoms with Crippen molar-refractivity contribution in [3.05, 3.63) is 78.4 Å². The number of carbonyl (C=O) groups is 2. The molecule has 4 aliphatic rings. The van der Waals surface area contributed by atoms with Crippen molar-refractivity contribution in [1.29, 1.82) is 0 Å². The maximum absolute atomic E-state index is 14.4. The zero-order valence-electron chi connectivity index (χ0n) is 32.9. The molecule has 9 nitrogen and oxygen atoms in total. The van der Waals surface area contributed by atoms with E-state index >= 15 is 0 Å². The van der Waals surface area contributed by atoms with Crippen molar-refractivity contribution in [2.45, 2.75) is 104 Å². The highest BCUT2D eigenvalue weighted by molar-refractivity contribution is 6.48. The van der Waals surface area contributed by atoms with Crippen molar-refractivity contribution in [2.75, 3.05) is 19.5 Å². The molecule has 0 spiro atoms. The van der Waals surface area contributed by atoms with E-state index in [1.807, 2.05) is 74.5 Å². The predicted molar refractivity (Wildman–Crippen MR) is 211 cm³/mol. The fourth-order valence-corrected chi connectivity index (χ4v) is 8.95. The average Bonchev–Trinajstić information content (AvgIpc) is 3.50. The van der Waals surface area contributed by atoms with Crippen molar-refractivity contribution < 1.29 is 28.4 Å². The van der Waals surface area contributed by atoms with Gasteiger partial charge in [0.05, 0.1) is 31.9 Å². The van der Waals surface area contributed by atoms with Crippen LogP contribution in [-0.2, 0) is 25.3 Å². The largest absolute Gasteiger partial charge is 0.493 e. The van der Waals surface area contributed by atoms with Gasteiger partial charge < -0.3 is 34.7 Å². The Hall–Kier alpha value is -4.02. The first-order valence-corrected chi connectivity index (χ1v) is 19.3. The summed E-state index contributed by atoms with van der Waals surface area (Å²) in [5.41, 5.74) is 3.62. The first-order valence-electron chi connectivity index (χ1n) is 19.3. The molecule has 0 aromatic heterocycles. The van der Waals surface area contributed by atoms with Crippen molar-refractivity contribution in [2.24, 2.45) is 29.1 Å². The van der Waals surface area contributed by atoms with E-state index in [4.69, 9.17) is 18.8 Å². The van der Waals surface area contributed by atoms with Crippen molar-refractivity contribution in [3.63, 3.8) is 0 Å². The summed E-state index contributed by atoms with van der Waals surface area (Å²) in [6, 6.07) is 22.3. The van der Waals surface area contributed by atoms with Crippen LogP contribution in [0.4, 0.5) is 5.69 Å². The summed E-state index contributed by atoms with van der Waals surface area (Å²) in [7, 11) is 2.64. The molecule has 10 heteroatoms. The SMILES string of the molecule is COc1ccc(CC(Nc2cccc(-c3ccccc3)c2)C(=O)NC(C(=O)N[C@@H](CC(C)C)B2O[C@@H]3C[C@@H]4C[C@@H](C4(C)C)[C@]3(C)O2)C(C)C)cc1OC. The number of amides is 2. The molecule has 1 saturated heterocycles. The molecule has 3 aliphatic carbocycles. The lowest BCUT2D eigenvalue weighted by Crippen LogP contribution is -2.65. The highest BCUT2D eigenvalue weighted by atomic mass is 16.7. The number of benzene rings is 3. The minimum absolute atomic E-state index is 0.0141. The summed E-state index contributed by atoms with van der Waals surface area (Å²) in [4.78, 5) is 28.6. The van der Waals surface area contributed by atoms with E-state index in [0.717, 1.165) is 35.2 Å². The number of hydrogen-bond acceptors (Lipinski definition) is 7.